The maximum absolute atomic E-state index is 11.4. The van der Waals surface area contributed by atoms with Gasteiger partial charge in [0.2, 0.25) is 0 Å². The fourth-order valence-electron chi connectivity index (χ4n) is 1.50. The van der Waals surface area contributed by atoms with Gasteiger partial charge in [-0.05, 0) is 12.3 Å². The van der Waals surface area contributed by atoms with Crippen LogP contribution in [0.25, 0.3) is 0 Å². The summed E-state index contributed by atoms with van der Waals surface area (Å²) in [4.78, 5) is 11.4. The minimum Gasteiger partial charge on any atom is -0.384 e. The van der Waals surface area contributed by atoms with E-state index in [0.29, 0.717) is 25.7 Å². The van der Waals surface area contributed by atoms with Gasteiger partial charge in [0.25, 0.3) is 0 Å². The molecule has 88 valence electrons. The molecule has 5 nitrogen and oxygen atoms in total. The van der Waals surface area contributed by atoms with Crippen molar-refractivity contribution < 1.29 is 14.3 Å². The van der Waals surface area contributed by atoms with E-state index in [1.165, 1.54) is 0 Å². The number of amides is 2. The highest BCUT2D eigenvalue weighted by atomic mass is 16.5. The minimum absolute atomic E-state index is 0.117. The summed E-state index contributed by atoms with van der Waals surface area (Å²) in [6.45, 7) is 4.69. The van der Waals surface area contributed by atoms with Crippen LogP contribution in [0, 0.1) is 5.92 Å². The van der Waals surface area contributed by atoms with Gasteiger partial charge in [0.15, 0.2) is 0 Å². The Morgan fingerprint density at radius 2 is 2.47 bits per heavy atom. The van der Waals surface area contributed by atoms with Crippen LogP contribution in [0.4, 0.5) is 4.79 Å². The molecular weight excluding hydrogens is 196 g/mol. The fraction of sp³-hybridized carbons (Fsp3) is 0.900. The zero-order valence-corrected chi connectivity index (χ0v) is 9.41. The van der Waals surface area contributed by atoms with Crippen LogP contribution in [0.15, 0.2) is 0 Å². The van der Waals surface area contributed by atoms with Crippen molar-refractivity contribution in [1.82, 2.24) is 10.6 Å². The van der Waals surface area contributed by atoms with Crippen LogP contribution in [0.2, 0.25) is 0 Å². The van der Waals surface area contributed by atoms with Crippen LogP contribution < -0.4 is 10.6 Å². The zero-order chi connectivity index (χ0) is 11.1. The molecule has 5 heteroatoms. The Labute approximate surface area is 90.5 Å². The molecule has 15 heavy (non-hydrogen) atoms. The number of carbonyl (C=O) groups is 1. The van der Waals surface area contributed by atoms with Gasteiger partial charge in [-0.2, -0.15) is 0 Å². The molecule has 2 amide bonds. The number of rotatable bonds is 5. The Morgan fingerprint density at radius 3 is 3.07 bits per heavy atom. The van der Waals surface area contributed by atoms with Gasteiger partial charge in [0.05, 0.1) is 19.3 Å². The first-order valence-corrected chi connectivity index (χ1v) is 5.33. The molecular formula is C10H20N2O3. The summed E-state index contributed by atoms with van der Waals surface area (Å²) in [6.07, 6.45) is 0.904. The predicted molar refractivity (Wildman–Crippen MR) is 56.8 cm³/mol. The Kier molecular flexibility index (Phi) is 5.42. The third-order valence-electron chi connectivity index (χ3n) is 2.33. The van der Waals surface area contributed by atoms with E-state index in [9.17, 15) is 4.79 Å². The molecule has 0 spiro atoms. The molecule has 0 aromatic heterocycles. The standard InChI is InChI=1S/C10H20N2O3/c1-8(6-14-2)5-11-10(13)12-9-3-4-15-7-9/h8-9H,3-7H2,1-2H3,(H2,11,12,13). The lowest BCUT2D eigenvalue weighted by Gasteiger charge is -2.14. The van der Waals surface area contributed by atoms with Crippen LogP contribution in [0.5, 0.6) is 0 Å². The normalized spacial score (nSPS) is 22.4. The molecule has 0 aromatic rings. The van der Waals surface area contributed by atoms with E-state index in [2.05, 4.69) is 10.6 Å². The van der Waals surface area contributed by atoms with Gasteiger partial charge in [0, 0.05) is 20.3 Å². The summed E-state index contributed by atoms with van der Waals surface area (Å²) in [6, 6.07) is 0.0520. The van der Waals surface area contributed by atoms with E-state index in [-0.39, 0.29) is 12.1 Å². The lowest BCUT2D eigenvalue weighted by Crippen LogP contribution is -2.44. The Balaban J connectivity index is 2.07. The summed E-state index contributed by atoms with van der Waals surface area (Å²) in [5.41, 5.74) is 0. The molecule has 0 bridgehead atoms. The monoisotopic (exact) mass is 216 g/mol. The Bertz CT molecular complexity index is 193. The van der Waals surface area contributed by atoms with Crippen molar-refractivity contribution in [2.45, 2.75) is 19.4 Å². The summed E-state index contributed by atoms with van der Waals surface area (Å²) in [5, 5.41) is 5.67. The van der Waals surface area contributed by atoms with E-state index < -0.39 is 0 Å². The SMILES string of the molecule is COCC(C)CNC(=O)NC1CCOC1. The number of nitrogens with one attached hydrogen (secondary N) is 2. The van der Waals surface area contributed by atoms with Crippen molar-refractivity contribution in [2.75, 3.05) is 33.5 Å². The average molecular weight is 216 g/mol. The Morgan fingerprint density at radius 1 is 1.67 bits per heavy atom. The van der Waals surface area contributed by atoms with E-state index in [1.54, 1.807) is 7.11 Å². The van der Waals surface area contributed by atoms with Crippen molar-refractivity contribution in [3.63, 3.8) is 0 Å². The second-order valence-corrected chi connectivity index (χ2v) is 3.98. The third kappa shape index (κ3) is 4.99. The molecule has 0 aromatic carbocycles. The van der Waals surface area contributed by atoms with E-state index in [1.807, 2.05) is 6.92 Å². The quantitative estimate of drug-likeness (QED) is 0.697. The number of carbonyl (C=O) groups excluding carboxylic acids is 1. The maximum atomic E-state index is 11.4. The average Bonchev–Trinajstić information content (AvgIpc) is 2.68. The number of urea groups is 1. The molecule has 1 rings (SSSR count). The second-order valence-electron chi connectivity index (χ2n) is 3.98. The first-order chi connectivity index (χ1) is 7.22. The molecule has 0 aliphatic carbocycles. The van der Waals surface area contributed by atoms with Crippen molar-refractivity contribution in [3.05, 3.63) is 0 Å². The molecule has 1 aliphatic heterocycles. The number of methoxy groups -OCH3 is 1. The van der Waals surface area contributed by atoms with Crippen molar-refractivity contribution in [2.24, 2.45) is 5.92 Å². The van der Waals surface area contributed by atoms with Gasteiger partial charge in [0.1, 0.15) is 0 Å². The van der Waals surface area contributed by atoms with Gasteiger partial charge >= 0.3 is 6.03 Å². The number of hydrogen-bond donors (Lipinski definition) is 2. The van der Waals surface area contributed by atoms with Crippen molar-refractivity contribution >= 4 is 6.03 Å². The highest BCUT2D eigenvalue weighted by molar-refractivity contribution is 5.74. The molecule has 1 heterocycles. The zero-order valence-electron chi connectivity index (χ0n) is 9.41. The molecule has 2 N–H and O–H groups in total. The number of ether oxygens (including phenoxy) is 2. The van der Waals surface area contributed by atoms with Crippen LogP contribution in [0.3, 0.4) is 0 Å². The smallest absolute Gasteiger partial charge is 0.315 e. The van der Waals surface area contributed by atoms with Gasteiger partial charge in [-0.1, -0.05) is 6.92 Å². The Hall–Kier alpha value is -0.810. The molecule has 2 atom stereocenters. The molecule has 0 radical (unpaired) electrons. The van der Waals surface area contributed by atoms with Gasteiger partial charge in [-0.15, -0.1) is 0 Å². The first kappa shape index (κ1) is 12.3. The van der Waals surface area contributed by atoms with E-state index >= 15 is 0 Å². The van der Waals surface area contributed by atoms with E-state index in [0.717, 1.165) is 13.0 Å². The summed E-state index contributed by atoms with van der Waals surface area (Å²) in [7, 11) is 1.66. The van der Waals surface area contributed by atoms with Crippen molar-refractivity contribution in [1.29, 1.82) is 0 Å². The van der Waals surface area contributed by atoms with Gasteiger partial charge < -0.3 is 20.1 Å². The lowest BCUT2D eigenvalue weighted by molar-refractivity contribution is 0.158. The summed E-state index contributed by atoms with van der Waals surface area (Å²) < 4.78 is 10.1. The highest BCUT2D eigenvalue weighted by Gasteiger charge is 2.17. The number of hydrogen-bond acceptors (Lipinski definition) is 3. The maximum Gasteiger partial charge on any atom is 0.315 e. The topological polar surface area (TPSA) is 59.6 Å². The molecule has 1 saturated heterocycles. The minimum atomic E-state index is -0.117. The van der Waals surface area contributed by atoms with Gasteiger partial charge in [-0.3, -0.25) is 0 Å². The molecule has 1 fully saturated rings. The molecule has 0 saturated carbocycles. The van der Waals surface area contributed by atoms with Crippen LogP contribution >= 0.6 is 0 Å². The second kappa shape index (κ2) is 6.63. The largest absolute Gasteiger partial charge is 0.384 e. The predicted octanol–water partition coefficient (Wildman–Crippen LogP) is 0.357. The van der Waals surface area contributed by atoms with Crippen LogP contribution in [0.1, 0.15) is 13.3 Å². The first-order valence-electron chi connectivity index (χ1n) is 5.33. The molecule has 1 aliphatic rings. The fourth-order valence-corrected chi connectivity index (χ4v) is 1.50. The third-order valence-corrected chi connectivity index (χ3v) is 2.33. The van der Waals surface area contributed by atoms with Gasteiger partial charge in [-0.25, -0.2) is 4.79 Å². The highest BCUT2D eigenvalue weighted by Crippen LogP contribution is 2.02. The van der Waals surface area contributed by atoms with Crippen molar-refractivity contribution in [3.8, 4) is 0 Å². The molecule has 2 unspecified atom stereocenters. The van der Waals surface area contributed by atoms with Crippen LogP contribution in [-0.2, 0) is 9.47 Å². The summed E-state index contributed by atoms with van der Waals surface area (Å²) >= 11 is 0. The van der Waals surface area contributed by atoms with Crippen LogP contribution in [-0.4, -0.2) is 45.5 Å². The van der Waals surface area contributed by atoms with E-state index in [4.69, 9.17) is 9.47 Å². The summed E-state index contributed by atoms with van der Waals surface area (Å²) in [5.74, 6) is 0.334. The lowest BCUT2D eigenvalue weighted by atomic mass is 10.2.